The zero-order chi connectivity index (χ0) is 60.2. The molecule has 2 aliphatic rings. The lowest BCUT2D eigenvalue weighted by molar-refractivity contribution is -0.133. The van der Waals surface area contributed by atoms with Crippen molar-refractivity contribution in [2.24, 2.45) is 17.2 Å². The Bertz CT molecular complexity index is 2250. The number of methoxy groups -OCH3 is 1. The molecule has 29 nitrogen and oxygen atoms in total. The van der Waals surface area contributed by atoms with Crippen molar-refractivity contribution in [3.63, 3.8) is 0 Å². The van der Waals surface area contributed by atoms with Crippen LogP contribution in [0, 0.1) is 0 Å². The first kappa shape index (κ1) is 70.6. The van der Waals surface area contributed by atoms with Crippen LogP contribution >= 0.6 is 15.8 Å². The van der Waals surface area contributed by atoms with Gasteiger partial charge in [-0.05, 0) is 84.8 Å². The SMILES string of the molecule is COC(C)(C)P(=O)(O)OC[C@H]1O[C@@H](n2cnc3c(N)ncnc32)C[C@@H]1O[P+](O)(O)OC[C@@H]1C[C@@H](O)CN1C(=O)CCCCCCC(=O)NC(COCCC(=O)CCCCN)(COCCC(=O)CCCCN)COCCC(=O)NCCCN. The third-order valence-corrected chi connectivity index (χ3v) is 17.1. The molecule has 0 spiro atoms. The molecule has 6 atom stereocenters. The topological polar surface area (TPSA) is 432 Å². The van der Waals surface area contributed by atoms with Crippen molar-refractivity contribution in [2.45, 2.75) is 171 Å². The summed E-state index contributed by atoms with van der Waals surface area (Å²) >= 11 is 0. The van der Waals surface area contributed by atoms with Crippen LogP contribution in [0.15, 0.2) is 12.7 Å². The molecule has 0 radical (unpaired) electrons. The Balaban J connectivity index is 1.32. The highest BCUT2D eigenvalue weighted by molar-refractivity contribution is 7.54. The number of anilines is 1. The number of aliphatic hydroxyl groups excluding tert-OH is 1. The molecule has 3 amide bonds. The molecule has 4 rings (SSSR count). The van der Waals surface area contributed by atoms with Crippen molar-refractivity contribution < 1.29 is 85.6 Å². The lowest BCUT2D eigenvalue weighted by Crippen LogP contribution is -2.58. The second kappa shape index (κ2) is 36.2. The summed E-state index contributed by atoms with van der Waals surface area (Å²) in [4.78, 5) is 112. The number of likely N-dealkylation sites (tertiary alicyclic amines) is 1. The van der Waals surface area contributed by atoms with Crippen molar-refractivity contribution in [1.29, 1.82) is 0 Å². The normalized spacial score (nSPS) is 19.4. The predicted molar refractivity (Wildman–Crippen MR) is 301 cm³/mol. The maximum Gasteiger partial charge on any atom is 0.570 e. The standard InChI is InChI=1S/C51H91N11O18P2/c1-50(2,73-3)81(69,70)77-31-42-41(28-46(79-42)62-36-59-47-48(55)57-35-58-49(47)62)80-82(71,72)78-30-37-27-40(65)29-61(37)45(68)16-7-5-4-6-15-44(67)60-51(32-74-24-17-38(63)13-8-10-20-52,33-75-25-18-39(64)14-9-11-21-53)34-76-26-19-43(66)56-23-12-22-54/h35-37,40-42,46,65,71-72H,4-34,52-54H2,1-3H3,(H4-,55,56,57,58,60,66,67,69,70)/p+1/t37-,40+,41-,42+,46+/m0/s1. The predicted octanol–water partition coefficient (Wildman–Crippen LogP) is 1.58. The molecule has 0 saturated carbocycles. The summed E-state index contributed by atoms with van der Waals surface area (Å²) in [5, 5.41) is 14.9. The fourth-order valence-corrected chi connectivity index (χ4v) is 10.9. The number of nitrogens with one attached hydrogen (secondary N) is 2. The Labute approximate surface area is 480 Å². The number of nitrogens with two attached hydrogens (primary N) is 4. The van der Waals surface area contributed by atoms with Gasteiger partial charge in [0.05, 0.1) is 64.7 Å². The first-order valence-corrected chi connectivity index (χ1v) is 31.4. The van der Waals surface area contributed by atoms with E-state index in [9.17, 15) is 48.3 Å². The minimum atomic E-state index is -4.71. The number of hydrogen-bond donors (Lipinski definition) is 10. The van der Waals surface area contributed by atoms with E-state index in [0.29, 0.717) is 89.6 Å². The number of imidazole rings is 1. The van der Waals surface area contributed by atoms with Gasteiger partial charge in [-0.2, -0.15) is 14.3 Å². The van der Waals surface area contributed by atoms with Crippen LogP contribution in [0.2, 0.25) is 0 Å². The van der Waals surface area contributed by atoms with Gasteiger partial charge in [0.15, 0.2) is 16.8 Å². The summed E-state index contributed by atoms with van der Waals surface area (Å²) in [5.41, 5.74) is 22.0. The minimum Gasteiger partial charge on any atom is -0.391 e. The number of nitrogens with zero attached hydrogens (tertiary/aromatic N) is 5. The number of carbonyl (C=O) groups excluding carboxylic acids is 5. The summed E-state index contributed by atoms with van der Waals surface area (Å²) in [7, 11) is -7.89. The van der Waals surface area contributed by atoms with Gasteiger partial charge in [-0.3, -0.25) is 33.1 Å². The number of ketones is 2. The number of Topliss-reactive ketones (excluding diaryl/α,β-unsaturated/α-hetero) is 2. The number of fused-ring (bicyclic) bond motifs is 1. The number of carbonyl (C=O) groups is 5. The molecule has 4 heterocycles. The molecule has 0 aliphatic carbocycles. The maximum absolute atomic E-state index is 13.7. The van der Waals surface area contributed by atoms with E-state index >= 15 is 0 Å². The van der Waals surface area contributed by atoms with Gasteiger partial charge in [-0.15, -0.1) is 4.52 Å². The van der Waals surface area contributed by atoms with Crippen LogP contribution in [0.25, 0.3) is 11.2 Å². The molecule has 0 bridgehead atoms. The number of ether oxygens (including phenoxy) is 5. The van der Waals surface area contributed by atoms with E-state index in [1.807, 2.05) is 0 Å². The molecular formula is C51H92N11O18P2+. The summed E-state index contributed by atoms with van der Waals surface area (Å²) < 4.78 is 60.7. The van der Waals surface area contributed by atoms with Gasteiger partial charge in [0.1, 0.15) is 54.0 Å². The Morgan fingerprint density at radius 3 is 1.99 bits per heavy atom. The van der Waals surface area contributed by atoms with Gasteiger partial charge in [0, 0.05) is 71.6 Å². The fourth-order valence-electron chi connectivity index (χ4n) is 8.99. The number of β-amino-alcohol motifs (C(OH)–C–C–N with tert-alkyl or cyclic N) is 1. The molecular weight excluding hydrogens is 1120 g/mol. The van der Waals surface area contributed by atoms with Crippen LogP contribution in [0.3, 0.4) is 0 Å². The lowest BCUT2D eigenvalue weighted by Gasteiger charge is -2.34. The van der Waals surface area contributed by atoms with E-state index in [4.69, 9.17) is 60.2 Å². The first-order valence-electron chi connectivity index (χ1n) is 28.3. The van der Waals surface area contributed by atoms with Gasteiger partial charge in [0.25, 0.3) is 0 Å². The Hall–Kier alpha value is -3.84. The molecule has 2 saturated heterocycles. The van der Waals surface area contributed by atoms with Crippen LogP contribution in [-0.4, -0.2) is 201 Å². The zero-order valence-corrected chi connectivity index (χ0v) is 49.7. The highest BCUT2D eigenvalue weighted by Crippen LogP contribution is 2.58. The number of nitrogen functional groups attached to an aromatic ring is 1. The number of rotatable bonds is 45. The molecule has 2 aliphatic heterocycles. The average molecular weight is 1210 g/mol. The monoisotopic (exact) mass is 1210 g/mol. The van der Waals surface area contributed by atoms with Crippen molar-refractivity contribution >= 4 is 62.0 Å². The fraction of sp³-hybridized carbons (Fsp3) is 0.804. The number of aromatic nitrogens is 4. The van der Waals surface area contributed by atoms with Crippen LogP contribution in [0.1, 0.15) is 136 Å². The first-order chi connectivity index (χ1) is 39.1. The number of unbranched alkanes of at least 4 members (excludes halogenated alkanes) is 5. The highest BCUT2D eigenvalue weighted by Gasteiger charge is 2.52. The van der Waals surface area contributed by atoms with Gasteiger partial charge in [-0.1, -0.05) is 12.8 Å². The molecule has 2 aromatic rings. The zero-order valence-electron chi connectivity index (χ0n) is 47.9. The minimum absolute atomic E-state index is 0.0149. The largest absolute Gasteiger partial charge is 0.570 e. The van der Waals surface area contributed by atoms with Crippen LogP contribution in [-0.2, 0) is 65.8 Å². The summed E-state index contributed by atoms with van der Waals surface area (Å²) in [6.07, 6.45) is 5.21. The quantitative estimate of drug-likeness (QED) is 0.0332. The second-order valence-corrected chi connectivity index (χ2v) is 25.0. The van der Waals surface area contributed by atoms with Crippen molar-refractivity contribution in [2.75, 3.05) is 98.4 Å². The van der Waals surface area contributed by atoms with Crippen LogP contribution in [0.4, 0.5) is 5.82 Å². The Kier molecular flexibility index (Phi) is 31.2. The molecule has 468 valence electrons. The third-order valence-electron chi connectivity index (χ3n) is 14.0. The van der Waals surface area contributed by atoms with Gasteiger partial charge < -0.3 is 76.7 Å². The van der Waals surface area contributed by atoms with Crippen molar-refractivity contribution in [1.82, 2.24) is 35.1 Å². The summed E-state index contributed by atoms with van der Waals surface area (Å²) in [6, 6.07) is -0.751. The van der Waals surface area contributed by atoms with E-state index in [1.165, 1.54) is 43.1 Å². The summed E-state index contributed by atoms with van der Waals surface area (Å²) in [5.74, 6) is -0.729. The highest BCUT2D eigenvalue weighted by atomic mass is 31.2. The molecule has 1 unspecified atom stereocenters. The van der Waals surface area contributed by atoms with E-state index in [1.54, 1.807) is 0 Å². The number of aliphatic hydroxyl groups is 1. The third kappa shape index (κ3) is 24.3. The van der Waals surface area contributed by atoms with E-state index in [0.717, 1.165) is 12.8 Å². The Morgan fingerprint density at radius 2 is 1.38 bits per heavy atom. The molecule has 0 aromatic carbocycles. The molecule has 31 heteroatoms. The van der Waals surface area contributed by atoms with Crippen LogP contribution < -0.4 is 33.6 Å². The van der Waals surface area contributed by atoms with E-state index in [2.05, 4.69) is 25.6 Å². The van der Waals surface area contributed by atoms with E-state index in [-0.39, 0.29) is 132 Å². The number of amides is 3. The van der Waals surface area contributed by atoms with Gasteiger partial charge >= 0.3 is 15.8 Å². The van der Waals surface area contributed by atoms with Crippen molar-refractivity contribution in [3.05, 3.63) is 12.7 Å². The molecule has 14 N–H and O–H groups in total. The molecule has 2 aromatic heterocycles. The average Bonchev–Trinajstić information content (AvgIpc) is 4.39. The van der Waals surface area contributed by atoms with Gasteiger partial charge in [0.2, 0.25) is 17.7 Å². The molecule has 2 fully saturated rings. The Morgan fingerprint density at radius 1 is 0.780 bits per heavy atom. The summed E-state index contributed by atoms with van der Waals surface area (Å²) in [6.45, 7) is 3.47. The van der Waals surface area contributed by atoms with Crippen molar-refractivity contribution in [3.8, 4) is 0 Å². The van der Waals surface area contributed by atoms with Gasteiger partial charge in [-0.25, -0.2) is 15.0 Å². The number of hydrogen-bond acceptors (Lipinski definition) is 24. The second-order valence-electron chi connectivity index (χ2n) is 21.1. The van der Waals surface area contributed by atoms with E-state index < -0.39 is 70.4 Å². The maximum atomic E-state index is 13.7. The smallest absolute Gasteiger partial charge is 0.391 e. The lowest BCUT2D eigenvalue weighted by atomic mass is 10.0. The van der Waals surface area contributed by atoms with Crippen LogP contribution in [0.5, 0.6) is 0 Å². The molecule has 82 heavy (non-hydrogen) atoms.